The van der Waals surface area contributed by atoms with Gasteiger partial charge in [0.15, 0.2) is 11.5 Å². The van der Waals surface area contributed by atoms with Gasteiger partial charge in [-0.3, -0.25) is 4.90 Å². The number of nitrogens with zero attached hydrogens (tertiary/aromatic N) is 1. The molecule has 0 bridgehead atoms. The van der Waals surface area contributed by atoms with E-state index in [0.29, 0.717) is 6.54 Å². The van der Waals surface area contributed by atoms with Gasteiger partial charge in [-0.05, 0) is 23.8 Å². The van der Waals surface area contributed by atoms with Crippen LogP contribution in [0, 0.1) is 0 Å². The molecule has 2 aromatic carbocycles. The third kappa shape index (κ3) is 5.14. The van der Waals surface area contributed by atoms with E-state index in [1.807, 2.05) is 24.3 Å². The van der Waals surface area contributed by atoms with Gasteiger partial charge in [0.25, 0.3) is 0 Å². The first-order valence-corrected chi connectivity index (χ1v) is 9.58. The highest BCUT2D eigenvalue weighted by Crippen LogP contribution is 2.31. The largest absolute Gasteiger partial charge is 0.493 e. The Kier molecular flexibility index (Phi) is 7.35. The molecule has 1 saturated heterocycles. The molecule has 1 aliphatic heterocycles. The second kappa shape index (κ2) is 9.95. The van der Waals surface area contributed by atoms with E-state index < -0.39 is 0 Å². The molecular formula is C21H27ClN2O3. The molecule has 0 radical (unpaired) electrons. The van der Waals surface area contributed by atoms with E-state index >= 15 is 0 Å². The van der Waals surface area contributed by atoms with E-state index in [-0.39, 0.29) is 6.04 Å². The molecule has 0 aromatic heterocycles. The Morgan fingerprint density at radius 3 is 2.59 bits per heavy atom. The number of hydrogen-bond acceptors (Lipinski definition) is 5. The van der Waals surface area contributed by atoms with Crippen molar-refractivity contribution in [1.29, 1.82) is 0 Å². The summed E-state index contributed by atoms with van der Waals surface area (Å²) < 4.78 is 16.4. The second-order valence-corrected chi connectivity index (χ2v) is 6.94. The monoisotopic (exact) mass is 390 g/mol. The van der Waals surface area contributed by atoms with E-state index in [4.69, 9.17) is 25.8 Å². The van der Waals surface area contributed by atoms with Gasteiger partial charge in [-0.1, -0.05) is 35.9 Å². The van der Waals surface area contributed by atoms with Crippen LogP contribution in [0.5, 0.6) is 11.5 Å². The van der Waals surface area contributed by atoms with Crippen molar-refractivity contribution in [2.75, 3.05) is 47.1 Å². The first kappa shape index (κ1) is 20.0. The number of methoxy groups -OCH3 is 2. The molecule has 1 fully saturated rings. The fourth-order valence-electron chi connectivity index (χ4n) is 3.50. The summed E-state index contributed by atoms with van der Waals surface area (Å²) in [7, 11) is 3.33. The van der Waals surface area contributed by atoms with Crippen molar-refractivity contribution in [1.82, 2.24) is 10.2 Å². The maximum Gasteiger partial charge on any atom is 0.165 e. The highest BCUT2D eigenvalue weighted by Gasteiger charge is 2.22. The van der Waals surface area contributed by atoms with E-state index in [1.165, 1.54) is 5.56 Å². The average molecular weight is 391 g/mol. The van der Waals surface area contributed by atoms with Crippen LogP contribution in [0.15, 0.2) is 42.5 Å². The van der Waals surface area contributed by atoms with Gasteiger partial charge >= 0.3 is 0 Å². The van der Waals surface area contributed by atoms with Crippen LogP contribution in [0.25, 0.3) is 0 Å². The van der Waals surface area contributed by atoms with Gasteiger partial charge in [0, 0.05) is 42.8 Å². The lowest BCUT2D eigenvalue weighted by atomic mass is 10.0. The smallest absolute Gasteiger partial charge is 0.165 e. The summed E-state index contributed by atoms with van der Waals surface area (Å²) in [5.74, 6) is 1.52. The number of rotatable bonds is 8. The normalized spacial score (nSPS) is 16.1. The summed E-state index contributed by atoms with van der Waals surface area (Å²) in [4.78, 5) is 2.45. The van der Waals surface area contributed by atoms with E-state index in [0.717, 1.165) is 54.9 Å². The summed E-state index contributed by atoms with van der Waals surface area (Å²) in [6.07, 6.45) is 0. The van der Waals surface area contributed by atoms with Crippen molar-refractivity contribution in [2.24, 2.45) is 0 Å². The summed E-state index contributed by atoms with van der Waals surface area (Å²) in [6.45, 7) is 4.87. The molecule has 0 amide bonds. The van der Waals surface area contributed by atoms with Crippen LogP contribution in [0.4, 0.5) is 0 Å². The van der Waals surface area contributed by atoms with Crippen molar-refractivity contribution in [3.8, 4) is 11.5 Å². The predicted molar refractivity (Wildman–Crippen MR) is 108 cm³/mol. The van der Waals surface area contributed by atoms with E-state index in [2.05, 4.69) is 28.4 Å². The molecule has 2 aromatic rings. The van der Waals surface area contributed by atoms with E-state index in [9.17, 15) is 0 Å². The Balaban J connectivity index is 1.71. The van der Waals surface area contributed by atoms with Gasteiger partial charge in [-0.2, -0.15) is 0 Å². The molecule has 27 heavy (non-hydrogen) atoms. The molecule has 6 heteroatoms. The quantitative estimate of drug-likeness (QED) is 0.747. The minimum atomic E-state index is 0.240. The Morgan fingerprint density at radius 1 is 1.11 bits per heavy atom. The van der Waals surface area contributed by atoms with Crippen molar-refractivity contribution in [2.45, 2.75) is 12.6 Å². The average Bonchev–Trinajstić information content (AvgIpc) is 2.71. The highest BCUT2D eigenvalue weighted by molar-refractivity contribution is 6.30. The molecule has 0 aliphatic carbocycles. The number of halogens is 1. The summed E-state index contributed by atoms with van der Waals surface area (Å²) in [5, 5.41) is 4.35. The maximum atomic E-state index is 6.24. The van der Waals surface area contributed by atoms with Crippen LogP contribution in [-0.2, 0) is 11.3 Å². The Hall–Kier alpha value is -1.79. The van der Waals surface area contributed by atoms with Crippen LogP contribution in [-0.4, -0.2) is 52.0 Å². The number of hydrogen-bond donors (Lipinski definition) is 1. The van der Waals surface area contributed by atoms with Crippen LogP contribution in [0.3, 0.4) is 0 Å². The first-order chi connectivity index (χ1) is 13.2. The summed E-state index contributed by atoms with van der Waals surface area (Å²) >= 11 is 6.24. The maximum absolute atomic E-state index is 6.24. The zero-order chi connectivity index (χ0) is 19.1. The third-order valence-corrected chi connectivity index (χ3v) is 5.09. The van der Waals surface area contributed by atoms with Crippen molar-refractivity contribution in [3.05, 3.63) is 58.6 Å². The molecule has 1 aliphatic rings. The molecule has 146 valence electrons. The molecule has 5 nitrogen and oxygen atoms in total. The van der Waals surface area contributed by atoms with Crippen LogP contribution < -0.4 is 14.8 Å². The molecule has 1 N–H and O–H groups in total. The Morgan fingerprint density at radius 2 is 1.89 bits per heavy atom. The molecule has 3 rings (SSSR count). The molecule has 1 heterocycles. The molecule has 0 saturated carbocycles. The molecule has 1 unspecified atom stereocenters. The summed E-state index contributed by atoms with van der Waals surface area (Å²) in [5.41, 5.74) is 2.29. The third-order valence-electron chi connectivity index (χ3n) is 4.86. The zero-order valence-electron chi connectivity index (χ0n) is 15.9. The van der Waals surface area contributed by atoms with Crippen LogP contribution >= 0.6 is 11.6 Å². The second-order valence-electron chi connectivity index (χ2n) is 6.50. The Bertz CT molecular complexity index is 735. The van der Waals surface area contributed by atoms with Gasteiger partial charge < -0.3 is 19.5 Å². The van der Waals surface area contributed by atoms with E-state index in [1.54, 1.807) is 14.2 Å². The van der Waals surface area contributed by atoms with Gasteiger partial charge in [0.05, 0.1) is 27.4 Å². The SMILES string of the molecule is COc1cccc(CNCC(c2cccc(Cl)c2)N2CCOCC2)c1OC. The lowest BCUT2D eigenvalue weighted by Gasteiger charge is -2.35. The lowest BCUT2D eigenvalue weighted by Crippen LogP contribution is -2.42. The van der Waals surface area contributed by atoms with Gasteiger partial charge in [0.2, 0.25) is 0 Å². The van der Waals surface area contributed by atoms with Gasteiger partial charge in [-0.25, -0.2) is 0 Å². The lowest BCUT2D eigenvalue weighted by molar-refractivity contribution is 0.0161. The highest BCUT2D eigenvalue weighted by atomic mass is 35.5. The zero-order valence-corrected chi connectivity index (χ0v) is 16.7. The predicted octanol–water partition coefficient (Wildman–Crippen LogP) is 3.52. The number of para-hydroxylation sites is 1. The molecular weight excluding hydrogens is 364 g/mol. The Labute approximate surface area is 166 Å². The minimum Gasteiger partial charge on any atom is -0.493 e. The number of ether oxygens (including phenoxy) is 3. The molecule has 0 spiro atoms. The van der Waals surface area contributed by atoms with Crippen molar-refractivity contribution in [3.63, 3.8) is 0 Å². The molecule has 1 atom stereocenters. The fraction of sp³-hybridized carbons (Fsp3) is 0.429. The van der Waals surface area contributed by atoms with Gasteiger partial charge in [-0.15, -0.1) is 0 Å². The fourth-order valence-corrected chi connectivity index (χ4v) is 3.70. The van der Waals surface area contributed by atoms with Crippen LogP contribution in [0.1, 0.15) is 17.2 Å². The topological polar surface area (TPSA) is 43.0 Å². The minimum absolute atomic E-state index is 0.240. The number of nitrogens with one attached hydrogen (secondary N) is 1. The summed E-state index contributed by atoms with van der Waals surface area (Å²) in [6, 6.07) is 14.3. The van der Waals surface area contributed by atoms with Crippen molar-refractivity contribution >= 4 is 11.6 Å². The van der Waals surface area contributed by atoms with Gasteiger partial charge in [0.1, 0.15) is 0 Å². The number of benzene rings is 2. The standard InChI is InChI=1S/C21H27ClN2O3/c1-25-20-8-4-6-17(21(20)26-2)14-23-15-19(24-9-11-27-12-10-24)16-5-3-7-18(22)13-16/h3-8,13,19,23H,9-12,14-15H2,1-2H3. The number of morpholine rings is 1. The van der Waals surface area contributed by atoms with Crippen LogP contribution in [0.2, 0.25) is 5.02 Å². The first-order valence-electron chi connectivity index (χ1n) is 9.20. The van der Waals surface area contributed by atoms with Crippen molar-refractivity contribution < 1.29 is 14.2 Å².